The van der Waals surface area contributed by atoms with Crippen LogP contribution < -0.4 is 0 Å². The van der Waals surface area contributed by atoms with Crippen molar-refractivity contribution in [1.82, 2.24) is 19.8 Å². The molecule has 1 aliphatic heterocycles. The standard InChI is InChI=1S/C17H22N4O2S2/c1-4-13-9-14-16(18-11(2)19-17(14)25-13)24-10-15(23)21-7-5-20(6-8-21)12(3)22/h9H,4-8,10H2,1-3H3. The normalized spacial score (nSPS) is 15.0. The molecule has 1 aliphatic rings. The molecule has 2 amide bonds. The van der Waals surface area contributed by atoms with Crippen molar-refractivity contribution in [2.24, 2.45) is 0 Å². The highest BCUT2D eigenvalue weighted by Crippen LogP contribution is 2.31. The predicted molar refractivity (Wildman–Crippen MR) is 101 cm³/mol. The summed E-state index contributed by atoms with van der Waals surface area (Å²) in [6.07, 6.45) is 0.976. The lowest BCUT2D eigenvalue weighted by Gasteiger charge is -2.34. The Bertz CT molecular complexity index is 797. The molecule has 2 aromatic rings. The van der Waals surface area contributed by atoms with Crippen LogP contribution in [-0.4, -0.2) is 63.5 Å². The first-order valence-electron chi connectivity index (χ1n) is 8.41. The highest BCUT2D eigenvalue weighted by Gasteiger charge is 2.22. The monoisotopic (exact) mass is 378 g/mol. The van der Waals surface area contributed by atoms with E-state index < -0.39 is 0 Å². The van der Waals surface area contributed by atoms with E-state index in [1.807, 2.05) is 11.8 Å². The van der Waals surface area contributed by atoms with Gasteiger partial charge in [0.2, 0.25) is 11.8 Å². The average Bonchev–Trinajstić information content (AvgIpc) is 3.02. The van der Waals surface area contributed by atoms with Gasteiger partial charge in [-0.1, -0.05) is 18.7 Å². The molecule has 25 heavy (non-hydrogen) atoms. The van der Waals surface area contributed by atoms with Crippen molar-refractivity contribution in [3.8, 4) is 0 Å². The Hall–Kier alpha value is -1.67. The molecule has 1 saturated heterocycles. The molecule has 0 atom stereocenters. The van der Waals surface area contributed by atoms with E-state index in [2.05, 4.69) is 23.0 Å². The maximum atomic E-state index is 12.5. The summed E-state index contributed by atoms with van der Waals surface area (Å²) in [7, 11) is 0. The quantitative estimate of drug-likeness (QED) is 0.603. The molecular weight excluding hydrogens is 356 g/mol. The second-order valence-corrected chi connectivity index (χ2v) is 8.12. The van der Waals surface area contributed by atoms with Crippen LogP contribution in [0.5, 0.6) is 0 Å². The van der Waals surface area contributed by atoms with Crippen molar-refractivity contribution in [3.63, 3.8) is 0 Å². The van der Waals surface area contributed by atoms with Gasteiger partial charge in [0.1, 0.15) is 15.7 Å². The highest BCUT2D eigenvalue weighted by atomic mass is 32.2. The summed E-state index contributed by atoms with van der Waals surface area (Å²) in [6, 6.07) is 2.14. The second kappa shape index (κ2) is 7.70. The third kappa shape index (κ3) is 4.12. The van der Waals surface area contributed by atoms with Crippen molar-refractivity contribution >= 4 is 45.1 Å². The molecule has 3 rings (SSSR count). The van der Waals surface area contributed by atoms with E-state index in [1.54, 1.807) is 23.2 Å². The summed E-state index contributed by atoms with van der Waals surface area (Å²) in [4.78, 5) is 38.8. The van der Waals surface area contributed by atoms with Crippen LogP contribution >= 0.6 is 23.1 Å². The maximum Gasteiger partial charge on any atom is 0.233 e. The molecular formula is C17H22N4O2S2. The second-order valence-electron chi connectivity index (χ2n) is 6.04. The molecule has 1 fully saturated rings. The minimum Gasteiger partial charge on any atom is -0.339 e. The number of rotatable bonds is 4. The first-order valence-corrected chi connectivity index (χ1v) is 10.2. The first kappa shape index (κ1) is 18.1. The molecule has 3 heterocycles. The number of aryl methyl sites for hydroxylation is 2. The minimum atomic E-state index is 0.0736. The van der Waals surface area contributed by atoms with Crippen LogP contribution in [0.3, 0.4) is 0 Å². The fourth-order valence-electron chi connectivity index (χ4n) is 2.82. The van der Waals surface area contributed by atoms with Gasteiger partial charge < -0.3 is 9.80 Å². The lowest BCUT2D eigenvalue weighted by atomic mass is 10.3. The molecule has 2 aromatic heterocycles. The van der Waals surface area contributed by atoms with Gasteiger partial charge in [0.25, 0.3) is 0 Å². The van der Waals surface area contributed by atoms with E-state index in [4.69, 9.17) is 0 Å². The number of nitrogens with zero attached hydrogens (tertiary/aromatic N) is 4. The fraction of sp³-hybridized carbons (Fsp3) is 0.529. The zero-order valence-corrected chi connectivity index (χ0v) is 16.4. The zero-order chi connectivity index (χ0) is 18.0. The number of amides is 2. The minimum absolute atomic E-state index is 0.0736. The predicted octanol–water partition coefficient (Wildman–Crippen LogP) is 2.34. The maximum absolute atomic E-state index is 12.5. The van der Waals surface area contributed by atoms with Crippen molar-refractivity contribution in [2.45, 2.75) is 32.2 Å². The molecule has 0 aromatic carbocycles. The van der Waals surface area contributed by atoms with Gasteiger partial charge in [0.15, 0.2) is 0 Å². The first-order chi connectivity index (χ1) is 12.0. The number of hydrogen-bond donors (Lipinski definition) is 0. The molecule has 0 saturated carbocycles. The third-order valence-electron chi connectivity index (χ3n) is 4.28. The number of thioether (sulfide) groups is 1. The van der Waals surface area contributed by atoms with Crippen LogP contribution in [0.1, 0.15) is 24.5 Å². The van der Waals surface area contributed by atoms with E-state index in [-0.39, 0.29) is 11.8 Å². The van der Waals surface area contributed by atoms with Gasteiger partial charge in [-0.2, -0.15) is 0 Å². The summed E-state index contributed by atoms with van der Waals surface area (Å²) in [5.74, 6) is 1.28. The fourth-order valence-corrected chi connectivity index (χ4v) is 4.85. The van der Waals surface area contributed by atoms with Crippen LogP contribution in [0.25, 0.3) is 10.2 Å². The number of carbonyl (C=O) groups is 2. The summed E-state index contributed by atoms with van der Waals surface area (Å²) in [6.45, 7) is 8.03. The van der Waals surface area contributed by atoms with E-state index in [0.717, 1.165) is 27.5 Å². The lowest BCUT2D eigenvalue weighted by Crippen LogP contribution is -2.50. The van der Waals surface area contributed by atoms with Gasteiger partial charge >= 0.3 is 0 Å². The molecule has 134 valence electrons. The van der Waals surface area contributed by atoms with Crippen molar-refractivity contribution < 1.29 is 9.59 Å². The molecule has 0 radical (unpaired) electrons. The topological polar surface area (TPSA) is 66.4 Å². The van der Waals surface area contributed by atoms with Gasteiger partial charge in [-0.3, -0.25) is 9.59 Å². The number of thiophene rings is 1. The summed E-state index contributed by atoms with van der Waals surface area (Å²) < 4.78 is 0. The molecule has 0 bridgehead atoms. The Balaban J connectivity index is 1.65. The number of fused-ring (bicyclic) bond motifs is 1. The van der Waals surface area contributed by atoms with Crippen LogP contribution in [0.2, 0.25) is 0 Å². The lowest BCUT2D eigenvalue weighted by molar-refractivity contribution is -0.136. The molecule has 0 spiro atoms. The summed E-state index contributed by atoms with van der Waals surface area (Å²) in [5, 5.41) is 1.93. The molecule has 6 nitrogen and oxygen atoms in total. The van der Waals surface area contributed by atoms with Gasteiger partial charge in [-0.15, -0.1) is 11.3 Å². The number of aromatic nitrogens is 2. The SMILES string of the molecule is CCc1cc2c(SCC(=O)N3CCN(C(C)=O)CC3)nc(C)nc2s1. The Morgan fingerprint density at radius 2 is 1.88 bits per heavy atom. The van der Waals surface area contributed by atoms with Gasteiger partial charge in [0, 0.05) is 43.4 Å². The molecule has 0 unspecified atom stereocenters. The van der Waals surface area contributed by atoms with Crippen molar-refractivity contribution in [1.29, 1.82) is 0 Å². The Kier molecular flexibility index (Phi) is 5.58. The van der Waals surface area contributed by atoms with Crippen LogP contribution in [0, 0.1) is 6.92 Å². The number of carbonyl (C=O) groups excluding carboxylic acids is 2. The van der Waals surface area contributed by atoms with Gasteiger partial charge in [0.05, 0.1) is 5.75 Å². The number of hydrogen-bond acceptors (Lipinski definition) is 6. The molecule has 8 heteroatoms. The summed E-state index contributed by atoms with van der Waals surface area (Å²) >= 11 is 3.17. The Morgan fingerprint density at radius 1 is 1.20 bits per heavy atom. The molecule has 0 N–H and O–H groups in total. The third-order valence-corrected chi connectivity index (χ3v) is 6.43. The van der Waals surface area contributed by atoms with Crippen LogP contribution in [0.15, 0.2) is 11.1 Å². The zero-order valence-electron chi connectivity index (χ0n) is 14.7. The van der Waals surface area contributed by atoms with Crippen LogP contribution in [0.4, 0.5) is 0 Å². The Labute approximate surface area is 155 Å². The van der Waals surface area contributed by atoms with E-state index in [0.29, 0.717) is 31.9 Å². The van der Waals surface area contributed by atoms with Crippen molar-refractivity contribution in [3.05, 3.63) is 16.8 Å². The highest BCUT2D eigenvalue weighted by molar-refractivity contribution is 8.00. The average molecular weight is 379 g/mol. The van der Waals surface area contributed by atoms with Gasteiger partial charge in [-0.25, -0.2) is 9.97 Å². The van der Waals surface area contributed by atoms with E-state index in [1.165, 1.54) is 16.6 Å². The van der Waals surface area contributed by atoms with Crippen LogP contribution in [-0.2, 0) is 16.0 Å². The summed E-state index contributed by atoms with van der Waals surface area (Å²) in [5.41, 5.74) is 0. The number of piperazine rings is 1. The Morgan fingerprint density at radius 3 is 2.52 bits per heavy atom. The van der Waals surface area contributed by atoms with Gasteiger partial charge in [-0.05, 0) is 19.4 Å². The largest absolute Gasteiger partial charge is 0.339 e. The van der Waals surface area contributed by atoms with E-state index in [9.17, 15) is 9.59 Å². The van der Waals surface area contributed by atoms with Crippen molar-refractivity contribution in [2.75, 3.05) is 31.9 Å². The molecule has 0 aliphatic carbocycles. The van der Waals surface area contributed by atoms with E-state index >= 15 is 0 Å². The smallest absolute Gasteiger partial charge is 0.233 e.